The third-order valence-electron chi connectivity index (χ3n) is 2.23. The van der Waals surface area contributed by atoms with E-state index in [1.807, 2.05) is 0 Å². The Morgan fingerprint density at radius 1 is 1.39 bits per heavy atom. The standard InChI is InChI=1S/C11H15NO5S/c1-4-17-11(13)7-5-10(18(3,14)15)9(16-2)6-8(7)12/h5-6H,4,12H2,1-3H3. The van der Waals surface area contributed by atoms with E-state index in [2.05, 4.69) is 0 Å². The van der Waals surface area contributed by atoms with Gasteiger partial charge in [0, 0.05) is 18.0 Å². The Bertz CT molecular complexity index is 565. The lowest BCUT2D eigenvalue weighted by Gasteiger charge is -2.11. The molecule has 0 spiro atoms. The Kier molecular flexibility index (Phi) is 4.18. The van der Waals surface area contributed by atoms with E-state index in [1.54, 1.807) is 6.92 Å². The molecule has 1 rings (SSSR count). The highest BCUT2D eigenvalue weighted by Crippen LogP contribution is 2.29. The highest BCUT2D eigenvalue weighted by atomic mass is 32.2. The number of sulfone groups is 1. The highest BCUT2D eigenvalue weighted by Gasteiger charge is 2.20. The van der Waals surface area contributed by atoms with Crippen LogP contribution in [0.1, 0.15) is 17.3 Å². The molecular weight excluding hydrogens is 258 g/mol. The van der Waals surface area contributed by atoms with Gasteiger partial charge in [-0.05, 0) is 13.0 Å². The van der Waals surface area contributed by atoms with E-state index in [9.17, 15) is 13.2 Å². The first-order chi connectivity index (χ1) is 8.31. The number of methoxy groups -OCH3 is 1. The van der Waals surface area contributed by atoms with Gasteiger partial charge >= 0.3 is 5.97 Å². The minimum atomic E-state index is -3.52. The first-order valence-corrected chi connectivity index (χ1v) is 7.05. The van der Waals surface area contributed by atoms with Gasteiger partial charge in [0.05, 0.1) is 19.3 Å². The van der Waals surface area contributed by atoms with Crippen molar-refractivity contribution < 1.29 is 22.7 Å². The van der Waals surface area contributed by atoms with Gasteiger partial charge in [-0.2, -0.15) is 0 Å². The maximum atomic E-state index is 11.6. The third-order valence-corrected chi connectivity index (χ3v) is 3.35. The zero-order valence-corrected chi connectivity index (χ0v) is 11.2. The van der Waals surface area contributed by atoms with Gasteiger partial charge in [-0.3, -0.25) is 0 Å². The van der Waals surface area contributed by atoms with Crippen molar-refractivity contribution in [2.45, 2.75) is 11.8 Å². The largest absolute Gasteiger partial charge is 0.495 e. The number of benzene rings is 1. The molecule has 6 nitrogen and oxygen atoms in total. The van der Waals surface area contributed by atoms with Crippen molar-refractivity contribution in [3.8, 4) is 5.75 Å². The number of carbonyl (C=O) groups is 1. The molecule has 7 heteroatoms. The quantitative estimate of drug-likeness (QED) is 0.645. The van der Waals surface area contributed by atoms with E-state index in [4.69, 9.17) is 15.2 Å². The summed E-state index contributed by atoms with van der Waals surface area (Å²) in [5.74, 6) is -0.564. The van der Waals surface area contributed by atoms with E-state index in [1.165, 1.54) is 19.2 Å². The van der Waals surface area contributed by atoms with Crippen LogP contribution in [0.4, 0.5) is 5.69 Å². The van der Waals surface area contributed by atoms with Crippen LogP contribution in [0.2, 0.25) is 0 Å². The van der Waals surface area contributed by atoms with Gasteiger partial charge in [0.15, 0.2) is 9.84 Å². The van der Waals surface area contributed by atoms with E-state index in [-0.39, 0.29) is 28.5 Å². The van der Waals surface area contributed by atoms with Crippen LogP contribution in [0.25, 0.3) is 0 Å². The van der Waals surface area contributed by atoms with Crippen LogP contribution in [0.5, 0.6) is 5.75 Å². The molecule has 100 valence electrons. The van der Waals surface area contributed by atoms with E-state index < -0.39 is 15.8 Å². The van der Waals surface area contributed by atoms with Crippen LogP contribution in [0.15, 0.2) is 17.0 Å². The maximum absolute atomic E-state index is 11.6. The molecule has 0 atom stereocenters. The summed E-state index contributed by atoms with van der Waals surface area (Å²) in [6.07, 6.45) is 1.02. The molecule has 0 fully saturated rings. The number of carbonyl (C=O) groups excluding carboxylic acids is 1. The molecule has 0 aromatic heterocycles. The number of esters is 1. The summed E-state index contributed by atoms with van der Waals surface area (Å²) in [6.45, 7) is 1.83. The molecule has 0 aliphatic carbocycles. The Balaban J connectivity index is 3.44. The number of ether oxygens (including phenoxy) is 2. The van der Waals surface area contributed by atoms with Gasteiger partial charge in [0.2, 0.25) is 0 Å². The Labute approximate surface area is 106 Å². The molecule has 0 aliphatic heterocycles. The molecule has 18 heavy (non-hydrogen) atoms. The highest BCUT2D eigenvalue weighted by molar-refractivity contribution is 7.90. The van der Waals surface area contributed by atoms with Crippen molar-refractivity contribution in [3.05, 3.63) is 17.7 Å². The lowest BCUT2D eigenvalue weighted by Crippen LogP contribution is -2.11. The van der Waals surface area contributed by atoms with Crippen molar-refractivity contribution in [2.75, 3.05) is 25.7 Å². The molecular formula is C11H15NO5S. The van der Waals surface area contributed by atoms with Crippen molar-refractivity contribution in [1.82, 2.24) is 0 Å². The minimum absolute atomic E-state index is 0.0121. The van der Waals surface area contributed by atoms with Crippen LogP contribution in [-0.4, -0.2) is 34.4 Å². The number of nitrogen functional groups attached to an aromatic ring is 1. The van der Waals surface area contributed by atoms with Gasteiger partial charge < -0.3 is 15.2 Å². The van der Waals surface area contributed by atoms with Crippen molar-refractivity contribution >= 4 is 21.5 Å². The Hall–Kier alpha value is -1.76. The van der Waals surface area contributed by atoms with Crippen LogP contribution in [0, 0.1) is 0 Å². The molecule has 0 heterocycles. The summed E-state index contributed by atoms with van der Waals surface area (Å²) in [7, 11) is -2.19. The fourth-order valence-electron chi connectivity index (χ4n) is 1.41. The van der Waals surface area contributed by atoms with Gasteiger partial charge in [-0.25, -0.2) is 13.2 Å². The van der Waals surface area contributed by atoms with E-state index in [0.717, 1.165) is 6.26 Å². The third kappa shape index (κ3) is 2.92. The van der Waals surface area contributed by atoms with Crippen LogP contribution >= 0.6 is 0 Å². The number of hydrogen-bond donors (Lipinski definition) is 1. The number of rotatable bonds is 4. The second kappa shape index (κ2) is 5.26. The Morgan fingerprint density at radius 2 is 2.00 bits per heavy atom. The zero-order valence-electron chi connectivity index (χ0n) is 10.4. The van der Waals surface area contributed by atoms with Crippen LogP contribution < -0.4 is 10.5 Å². The van der Waals surface area contributed by atoms with Gasteiger partial charge in [0.25, 0.3) is 0 Å². The van der Waals surface area contributed by atoms with Crippen LogP contribution in [-0.2, 0) is 14.6 Å². The number of nitrogens with two attached hydrogens (primary N) is 1. The fraction of sp³-hybridized carbons (Fsp3) is 0.364. The molecule has 0 aliphatic rings. The van der Waals surface area contributed by atoms with Crippen molar-refractivity contribution in [1.29, 1.82) is 0 Å². The lowest BCUT2D eigenvalue weighted by molar-refractivity contribution is 0.0527. The molecule has 0 unspecified atom stereocenters. The topological polar surface area (TPSA) is 95.7 Å². The molecule has 1 aromatic rings. The monoisotopic (exact) mass is 273 g/mol. The molecule has 0 bridgehead atoms. The first kappa shape index (κ1) is 14.3. The first-order valence-electron chi connectivity index (χ1n) is 5.16. The Morgan fingerprint density at radius 3 is 2.44 bits per heavy atom. The predicted octanol–water partition coefficient (Wildman–Crippen LogP) is 0.858. The number of hydrogen-bond acceptors (Lipinski definition) is 6. The van der Waals surface area contributed by atoms with Gasteiger partial charge in [-0.1, -0.05) is 0 Å². The van der Waals surface area contributed by atoms with Gasteiger partial charge in [0.1, 0.15) is 10.6 Å². The lowest BCUT2D eigenvalue weighted by atomic mass is 10.1. The van der Waals surface area contributed by atoms with E-state index >= 15 is 0 Å². The SMILES string of the molecule is CCOC(=O)c1cc(S(C)(=O)=O)c(OC)cc1N. The summed E-state index contributed by atoms with van der Waals surface area (Å²) in [4.78, 5) is 11.5. The van der Waals surface area contributed by atoms with Crippen molar-refractivity contribution in [3.63, 3.8) is 0 Å². The normalized spacial score (nSPS) is 11.1. The zero-order chi connectivity index (χ0) is 13.9. The smallest absolute Gasteiger partial charge is 0.340 e. The van der Waals surface area contributed by atoms with Crippen molar-refractivity contribution in [2.24, 2.45) is 0 Å². The molecule has 2 N–H and O–H groups in total. The fourth-order valence-corrected chi connectivity index (χ4v) is 2.25. The van der Waals surface area contributed by atoms with E-state index in [0.29, 0.717) is 0 Å². The average molecular weight is 273 g/mol. The molecule has 0 amide bonds. The maximum Gasteiger partial charge on any atom is 0.340 e. The summed E-state index contributed by atoms with van der Waals surface area (Å²) in [6, 6.07) is 2.46. The molecule has 0 radical (unpaired) electrons. The summed E-state index contributed by atoms with van der Waals surface area (Å²) < 4.78 is 32.9. The predicted molar refractivity (Wildman–Crippen MR) is 66.5 cm³/mol. The molecule has 0 saturated heterocycles. The molecule has 1 aromatic carbocycles. The summed E-state index contributed by atoms with van der Waals surface area (Å²) in [5, 5.41) is 0. The second-order valence-electron chi connectivity index (χ2n) is 3.58. The minimum Gasteiger partial charge on any atom is -0.495 e. The number of anilines is 1. The van der Waals surface area contributed by atoms with Crippen LogP contribution in [0.3, 0.4) is 0 Å². The summed E-state index contributed by atoms with van der Waals surface area (Å²) >= 11 is 0. The molecule has 0 saturated carbocycles. The average Bonchev–Trinajstić information content (AvgIpc) is 2.27. The van der Waals surface area contributed by atoms with Gasteiger partial charge in [-0.15, -0.1) is 0 Å². The summed E-state index contributed by atoms with van der Waals surface area (Å²) in [5.41, 5.74) is 5.79. The second-order valence-corrected chi connectivity index (χ2v) is 5.57.